The van der Waals surface area contributed by atoms with E-state index in [1.54, 1.807) is 51.1 Å². The third-order valence-corrected chi connectivity index (χ3v) is 16.5. The van der Waals surface area contributed by atoms with Crippen LogP contribution < -0.4 is 42.5 Å². The van der Waals surface area contributed by atoms with E-state index in [0.717, 1.165) is 0 Å². The Morgan fingerprint density at radius 3 is 1.07 bits per heavy atom. The molecule has 4 rings (SSSR count). The summed E-state index contributed by atoms with van der Waals surface area (Å²) in [4.78, 5) is 176. The lowest BCUT2D eigenvalue weighted by molar-refractivity contribution is -0.264. The van der Waals surface area contributed by atoms with Crippen LogP contribution in [0.1, 0.15) is 114 Å². The van der Waals surface area contributed by atoms with Crippen molar-refractivity contribution in [2.24, 2.45) is 17.8 Å². The quantitative estimate of drug-likeness (QED) is 0.0217. The van der Waals surface area contributed by atoms with E-state index >= 15 is 0 Å². The molecule has 0 saturated carbocycles. The summed E-state index contributed by atoms with van der Waals surface area (Å²) in [5.41, 5.74) is 0.637. The smallest absolute Gasteiger partial charge is 0.408 e. The number of carbonyl (C=O) groups is 14. The average Bonchev–Trinajstić information content (AvgIpc) is 0.809. The van der Waals surface area contributed by atoms with Crippen LogP contribution in [0.15, 0.2) is 30.3 Å². The molecular weight excluding hydrogens is 1420 g/mol. The first-order valence-corrected chi connectivity index (χ1v) is 35.2. The molecule has 107 heavy (non-hydrogen) atoms. The number of hydrogen-bond acceptors (Lipinski definition) is 30. The van der Waals surface area contributed by atoms with Gasteiger partial charge in [0.05, 0.1) is 77.6 Å². The predicted molar refractivity (Wildman–Crippen MR) is 366 cm³/mol. The Balaban J connectivity index is 1.40. The molecule has 38 nitrogen and oxygen atoms in total. The molecule has 3 saturated heterocycles. The summed E-state index contributed by atoms with van der Waals surface area (Å²) in [7, 11) is 0. The van der Waals surface area contributed by atoms with Crippen molar-refractivity contribution in [3.63, 3.8) is 0 Å². The van der Waals surface area contributed by atoms with E-state index in [9.17, 15) is 67.1 Å². The summed E-state index contributed by atoms with van der Waals surface area (Å²) in [6, 6.07) is 3.49. The van der Waals surface area contributed by atoms with Gasteiger partial charge in [0.1, 0.15) is 75.1 Å². The summed E-state index contributed by atoms with van der Waals surface area (Å²) in [6.07, 6.45) is -11.3. The highest BCUT2D eigenvalue weighted by Crippen LogP contribution is 2.33. The zero-order chi connectivity index (χ0) is 79.1. The van der Waals surface area contributed by atoms with Gasteiger partial charge in [-0.05, 0) is 18.4 Å². The van der Waals surface area contributed by atoms with Crippen molar-refractivity contribution in [3.8, 4) is 0 Å². The monoisotopic (exact) mass is 1530 g/mol. The van der Waals surface area contributed by atoms with Crippen LogP contribution in [-0.4, -0.2) is 268 Å². The molecule has 17 atom stereocenters. The van der Waals surface area contributed by atoms with Gasteiger partial charge in [0, 0.05) is 113 Å². The fraction of sp³-hybridized carbons (Fsp3) is 0.710. The number of amides is 8. The average molecular weight is 1530 g/mol. The van der Waals surface area contributed by atoms with Gasteiger partial charge in [-0.25, -0.2) is 4.79 Å². The lowest BCUT2D eigenvalue weighted by Crippen LogP contribution is -2.62. The van der Waals surface area contributed by atoms with Crippen LogP contribution in [0.25, 0.3) is 0 Å². The second kappa shape index (κ2) is 48.5. The van der Waals surface area contributed by atoms with Gasteiger partial charge in [-0.2, -0.15) is 0 Å². The Morgan fingerprint density at radius 1 is 0.393 bits per heavy atom. The normalized spacial score (nSPS) is 24.4. The summed E-state index contributed by atoms with van der Waals surface area (Å²) < 4.78 is 90.5. The molecule has 38 heteroatoms. The molecule has 3 fully saturated rings. The van der Waals surface area contributed by atoms with E-state index in [0.29, 0.717) is 5.56 Å². The highest BCUT2D eigenvalue weighted by molar-refractivity contribution is 5.90. The molecule has 8 amide bonds. The molecule has 3 aliphatic heterocycles. The molecule has 0 aromatic heterocycles. The third-order valence-electron chi connectivity index (χ3n) is 16.5. The Morgan fingerprint density at radius 2 is 0.729 bits per heavy atom. The van der Waals surface area contributed by atoms with E-state index in [2.05, 4.69) is 42.5 Å². The van der Waals surface area contributed by atoms with E-state index < -0.39 is 193 Å². The maximum absolute atomic E-state index is 13.9. The standard InChI is InChI=1S/C69H106N8O30/c1-38-58(73-41(4)78)66(105-53(35-98-44(7)81)61(38)102-47(10)84)95-31-28-92-25-22-70-56(87)20-18-51(64(89)71-23-26-93-29-32-96-67-59(74-42(5)79)39(2)62(103-48(11)85)54(106-67)36-99-45(8)82)76-57(88)21-19-52(77-69(91)101-34-50-16-14-13-15-17-50)65(90)72-24-27-94-30-33-97-68-60(75-43(6)80)40(3)63(104-49(12)86)55(107-68)37-100-46(9)83/h13-17,38-40,51-55,58-63,66-68H,18-37H2,1-12H3,(H,70,87)(H,71,89)(H,72,90)(H,73,78)(H,74,79)(H,75,80)(H,76,88)(H,77,91)/t38?,39?,40?,51-,52-,53?,54?,55?,58?,59?,60?,61?,62?,63?,66?,67?,68?/m0/s1. The topological polar surface area (TPSA) is 483 Å². The fourth-order valence-electron chi connectivity index (χ4n) is 11.6. The van der Waals surface area contributed by atoms with E-state index in [1.165, 1.54) is 62.3 Å². The first-order valence-electron chi connectivity index (χ1n) is 35.2. The molecule has 0 aliphatic carbocycles. The molecule has 0 radical (unpaired) electrons. The predicted octanol–water partition coefficient (Wildman–Crippen LogP) is -1.14. The first kappa shape index (κ1) is 90.6. The minimum Gasteiger partial charge on any atom is -0.463 e. The molecule has 602 valence electrons. The molecular formula is C69H106N8O30. The second-order valence-corrected chi connectivity index (χ2v) is 25.4. The molecule has 1 aromatic carbocycles. The van der Waals surface area contributed by atoms with Crippen LogP contribution in [-0.2, 0) is 145 Å². The van der Waals surface area contributed by atoms with Gasteiger partial charge in [0.2, 0.25) is 41.4 Å². The van der Waals surface area contributed by atoms with Gasteiger partial charge in [-0.15, -0.1) is 0 Å². The number of alkyl carbamates (subject to hydrolysis) is 1. The third kappa shape index (κ3) is 34.8. The lowest BCUT2D eigenvalue weighted by atomic mass is 9.88. The maximum Gasteiger partial charge on any atom is 0.408 e. The number of benzene rings is 1. The Hall–Kier alpha value is -8.76. The molecule has 1 aromatic rings. The maximum atomic E-state index is 13.9. The molecule has 8 N–H and O–H groups in total. The molecule has 0 bridgehead atoms. The summed E-state index contributed by atoms with van der Waals surface area (Å²) in [5, 5.41) is 21.4. The highest BCUT2D eigenvalue weighted by Gasteiger charge is 2.50. The van der Waals surface area contributed by atoms with Crippen LogP contribution >= 0.6 is 0 Å². The van der Waals surface area contributed by atoms with Gasteiger partial charge in [0.25, 0.3) is 0 Å². The van der Waals surface area contributed by atoms with Crippen molar-refractivity contribution >= 4 is 83.3 Å². The van der Waals surface area contributed by atoms with Gasteiger partial charge in [0.15, 0.2) is 18.9 Å². The van der Waals surface area contributed by atoms with Gasteiger partial charge in [-0.3, -0.25) is 62.3 Å². The SMILES string of the molecule is CC(=O)NC1C(OCCOCCNC(=O)CC[C@H](NC(=O)CC[C@H](NC(=O)OCc2ccccc2)C(=O)NCCOCCOC2OC(COC(C)=O)C(OC(C)=O)C(C)C2NC(C)=O)C(=O)NCCOCCOC2OC(COC(C)=O)C(OC(C)=O)C(C)C2NC(C)=O)OC(COC(C)=O)C(OC(C)=O)C1C. The van der Waals surface area contributed by atoms with E-state index in [4.69, 9.17) is 75.8 Å². The number of rotatable bonds is 45. The molecule has 3 aliphatic rings. The van der Waals surface area contributed by atoms with Crippen molar-refractivity contribution in [2.45, 2.75) is 201 Å². The zero-order valence-electron chi connectivity index (χ0n) is 62.6. The van der Waals surface area contributed by atoms with Crippen molar-refractivity contribution in [1.82, 2.24) is 42.5 Å². The van der Waals surface area contributed by atoms with Crippen molar-refractivity contribution in [2.75, 3.05) is 98.9 Å². The minimum absolute atomic E-state index is 0.0166. The van der Waals surface area contributed by atoms with Gasteiger partial charge < -0.3 is 118 Å². The first-order chi connectivity index (χ1) is 50.8. The molecule has 0 spiro atoms. The zero-order valence-corrected chi connectivity index (χ0v) is 62.6. The van der Waals surface area contributed by atoms with Crippen LogP contribution in [0.5, 0.6) is 0 Å². The summed E-state index contributed by atoms with van der Waals surface area (Å²) in [6.45, 7) is 14.3. The van der Waals surface area contributed by atoms with Crippen LogP contribution in [0, 0.1) is 17.8 Å². The number of hydrogen-bond donors (Lipinski definition) is 8. The largest absolute Gasteiger partial charge is 0.463 e. The lowest BCUT2D eigenvalue weighted by Gasteiger charge is -2.44. The summed E-state index contributed by atoms with van der Waals surface area (Å²) >= 11 is 0. The van der Waals surface area contributed by atoms with Gasteiger partial charge in [-0.1, -0.05) is 51.1 Å². The van der Waals surface area contributed by atoms with Crippen molar-refractivity contribution < 1.29 is 143 Å². The Labute approximate surface area is 620 Å². The van der Waals surface area contributed by atoms with Crippen LogP contribution in [0.2, 0.25) is 0 Å². The van der Waals surface area contributed by atoms with E-state index in [-0.39, 0.29) is 125 Å². The van der Waals surface area contributed by atoms with Crippen LogP contribution in [0.4, 0.5) is 4.79 Å². The Kier molecular flexibility index (Phi) is 41.1. The number of esters is 6. The van der Waals surface area contributed by atoms with E-state index in [1.807, 2.05) is 0 Å². The minimum atomic E-state index is -1.39. The highest BCUT2D eigenvalue weighted by atomic mass is 16.7. The molecule has 3 heterocycles. The summed E-state index contributed by atoms with van der Waals surface area (Å²) in [5.74, 6) is -9.46. The number of carbonyl (C=O) groups excluding carboxylic acids is 14. The fourth-order valence-corrected chi connectivity index (χ4v) is 11.6. The number of ether oxygens (including phenoxy) is 16. The Bertz CT molecular complexity index is 3050. The van der Waals surface area contributed by atoms with Crippen LogP contribution in [0.3, 0.4) is 0 Å². The van der Waals surface area contributed by atoms with Crippen molar-refractivity contribution in [3.05, 3.63) is 35.9 Å². The second-order valence-electron chi connectivity index (χ2n) is 25.4. The molecule has 15 unspecified atom stereocenters. The van der Waals surface area contributed by atoms with Gasteiger partial charge >= 0.3 is 41.9 Å². The number of nitrogens with one attached hydrogen (secondary N) is 8. The van der Waals surface area contributed by atoms with Crippen molar-refractivity contribution in [1.29, 1.82) is 0 Å².